The molecule has 0 unspecified atom stereocenters. The van der Waals surface area contributed by atoms with Gasteiger partial charge in [0.05, 0.1) is 24.3 Å². The summed E-state index contributed by atoms with van der Waals surface area (Å²) in [5, 5.41) is 0. The van der Waals surface area contributed by atoms with Crippen LogP contribution in [0.2, 0.25) is 0 Å². The molecule has 0 aliphatic carbocycles. The number of thioether (sulfide) groups is 1. The van der Waals surface area contributed by atoms with Gasteiger partial charge in [-0.05, 0) is 41.1 Å². The molecule has 0 bridgehead atoms. The summed E-state index contributed by atoms with van der Waals surface area (Å²) >= 11 is 1.56. The van der Waals surface area contributed by atoms with E-state index in [0.717, 1.165) is 16.9 Å². The van der Waals surface area contributed by atoms with Gasteiger partial charge in [0, 0.05) is 0 Å². The molecule has 0 aromatic heterocycles. The van der Waals surface area contributed by atoms with Crippen molar-refractivity contribution in [3.05, 3.63) is 144 Å². The van der Waals surface area contributed by atoms with Crippen LogP contribution >= 0.6 is 11.8 Å². The number of carbonyl (C=O) groups excluding carboxylic acids is 2. The molecule has 1 aliphatic heterocycles. The molecule has 0 saturated carbocycles. The molecule has 1 fully saturated rings. The molecule has 1 heterocycles. The maximum atomic E-state index is 13.4. The van der Waals surface area contributed by atoms with E-state index in [1.165, 1.54) is 0 Å². The molecule has 0 N–H and O–H groups in total. The van der Waals surface area contributed by atoms with E-state index in [9.17, 15) is 9.59 Å². The molecule has 5 atom stereocenters. The second-order valence-electron chi connectivity index (χ2n) is 10.2. The van der Waals surface area contributed by atoms with Crippen LogP contribution < -0.4 is 0 Å². The molecule has 0 amide bonds. The lowest BCUT2D eigenvalue weighted by Crippen LogP contribution is -2.61. The van der Waals surface area contributed by atoms with Crippen LogP contribution in [0.5, 0.6) is 0 Å². The van der Waals surface area contributed by atoms with E-state index in [4.69, 9.17) is 23.7 Å². The fourth-order valence-corrected chi connectivity index (χ4v) is 5.91. The van der Waals surface area contributed by atoms with Crippen LogP contribution in [0.1, 0.15) is 38.8 Å². The third-order valence-electron chi connectivity index (χ3n) is 7.13. The second kappa shape index (κ2) is 16.2. The molecule has 8 heteroatoms. The van der Waals surface area contributed by atoms with Crippen LogP contribution in [-0.2, 0) is 36.9 Å². The van der Waals surface area contributed by atoms with Gasteiger partial charge in [-0.15, -0.1) is 11.8 Å². The predicted molar refractivity (Wildman–Crippen MR) is 169 cm³/mol. The second-order valence-corrected chi connectivity index (χ2v) is 11.6. The number of esters is 2. The summed E-state index contributed by atoms with van der Waals surface area (Å²) in [6, 6.07) is 37.1. The Bertz CT molecular complexity index is 1440. The maximum Gasteiger partial charge on any atom is 0.338 e. The molecule has 1 aliphatic rings. The minimum atomic E-state index is -0.940. The highest BCUT2D eigenvalue weighted by Gasteiger charge is 2.50. The van der Waals surface area contributed by atoms with E-state index in [1.54, 1.807) is 60.3 Å². The van der Waals surface area contributed by atoms with E-state index in [1.807, 2.05) is 79.7 Å². The first-order chi connectivity index (χ1) is 21.6. The Kier molecular flexibility index (Phi) is 11.6. The van der Waals surface area contributed by atoms with Crippen molar-refractivity contribution in [2.45, 2.75) is 50.0 Å². The molecule has 4 aromatic carbocycles. The van der Waals surface area contributed by atoms with Gasteiger partial charge in [0.15, 0.2) is 6.10 Å². The summed E-state index contributed by atoms with van der Waals surface area (Å²) in [7, 11) is 0. The van der Waals surface area contributed by atoms with E-state index in [0.29, 0.717) is 17.7 Å². The number of rotatable bonds is 13. The topological polar surface area (TPSA) is 80.3 Å². The Morgan fingerprint density at radius 1 is 0.636 bits per heavy atom. The molecule has 0 spiro atoms. The monoisotopic (exact) mass is 612 g/mol. The van der Waals surface area contributed by atoms with Crippen molar-refractivity contribution in [2.75, 3.05) is 12.4 Å². The Labute approximate surface area is 262 Å². The number of hydrogen-bond acceptors (Lipinski definition) is 8. The van der Waals surface area contributed by atoms with Gasteiger partial charge < -0.3 is 23.7 Å². The third-order valence-corrected chi connectivity index (χ3v) is 8.17. The lowest BCUT2D eigenvalue weighted by molar-refractivity contribution is -0.237. The fraction of sp³-hybridized carbons (Fsp3) is 0.278. The van der Waals surface area contributed by atoms with Gasteiger partial charge in [0.25, 0.3) is 0 Å². The predicted octanol–water partition coefficient (Wildman–Crippen LogP) is 6.72. The van der Waals surface area contributed by atoms with Gasteiger partial charge >= 0.3 is 11.9 Å². The van der Waals surface area contributed by atoms with Crippen LogP contribution in [0.4, 0.5) is 0 Å². The van der Waals surface area contributed by atoms with Crippen LogP contribution in [0.3, 0.4) is 0 Å². The summed E-state index contributed by atoms with van der Waals surface area (Å²) in [6.07, 6.45) is -3.08. The van der Waals surface area contributed by atoms with Gasteiger partial charge in [-0.1, -0.05) is 104 Å². The van der Waals surface area contributed by atoms with Crippen molar-refractivity contribution in [1.82, 2.24) is 0 Å². The third kappa shape index (κ3) is 8.57. The van der Waals surface area contributed by atoms with Crippen LogP contribution in [0.15, 0.2) is 121 Å². The average molecular weight is 613 g/mol. The van der Waals surface area contributed by atoms with Crippen LogP contribution in [0.25, 0.3) is 0 Å². The fourth-order valence-electron chi connectivity index (χ4n) is 4.93. The Morgan fingerprint density at radius 2 is 1.11 bits per heavy atom. The summed E-state index contributed by atoms with van der Waals surface area (Å²) in [4.78, 5) is 26.4. The molecular formula is C36H36O7S. The lowest BCUT2D eigenvalue weighted by Gasteiger charge is -2.45. The molecule has 5 rings (SSSR count). The molecule has 7 nitrogen and oxygen atoms in total. The standard InChI is InChI=1S/C36H36O7S/c1-2-44-36-33(40-24-27-17-9-4-10-18-27)32(39-23-26-15-7-3-8-16-26)31(43-35(38)29-21-13-6-14-22-29)30(42-36)25-41-34(37)28-19-11-5-12-20-28/h3-22,30-33,36H,2,23-25H2,1H3/t30-,31+,32+,33-,36+/m1/s1. The first-order valence-electron chi connectivity index (χ1n) is 14.7. The first kappa shape index (κ1) is 31.5. The largest absolute Gasteiger partial charge is 0.459 e. The minimum Gasteiger partial charge on any atom is -0.459 e. The van der Waals surface area contributed by atoms with Crippen molar-refractivity contribution in [3.8, 4) is 0 Å². The van der Waals surface area contributed by atoms with Gasteiger partial charge in [-0.25, -0.2) is 9.59 Å². The summed E-state index contributed by atoms with van der Waals surface area (Å²) < 4.78 is 31.6. The zero-order valence-corrected chi connectivity index (χ0v) is 25.3. The average Bonchev–Trinajstić information content (AvgIpc) is 3.08. The summed E-state index contributed by atoms with van der Waals surface area (Å²) in [5.41, 5.74) is 2.28. The maximum absolute atomic E-state index is 13.4. The van der Waals surface area contributed by atoms with Gasteiger partial charge in [-0.2, -0.15) is 0 Å². The molecular weight excluding hydrogens is 576 g/mol. The zero-order valence-electron chi connectivity index (χ0n) is 24.5. The highest BCUT2D eigenvalue weighted by molar-refractivity contribution is 7.99. The molecule has 4 aromatic rings. The summed E-state index contributed by atoms with van der Waals surface area (Å²) in [6.45, 7) is 2.47. The van der Waals surface area contributed by atoms with E-state index in [-0.39, 0.29) is 13.2 Å². The summed E-state index contributed by atoms with van der Waals surface area (Å²) in [5.74, 6) is -0.284. The van der Waals surface area contributed by atoms with Crippen molar-refractivity contribution in [3.63, 3.8) is 0 Å². The number of hydrogen-bond donors (Lipinski definition) is 0. The molecule has 44 heavy (non-hydrogen) atoms. The molecule has 228 valence electrons. The zero-order chi connectivity index (χ0) is 30.6. The van der Waals surface area contributed by atoms with Crippen molar-refractivity contribution in [2.24, 2.45) is 0 Å². The highest BCUT2D eigenvalue weighted by Crippen LogP contribution is 2.35. The Balaban J connectivity index is 1.46. The quantitative estimate of drug-likeness (QED) is 0.154. The highest BCUT2D eigenvalue weighted by atomic mass is 32.2. The van der Waals surface area contributed by atoms with Crippen molar-refractivity contribution < 1.29 is 33.3 Å². The first-order valence-corrected chi connectivity index (χ1v) is 15.7. The van der Waals surface area contributed by atoms with E-state index < -0.39 is 41.8 Å². The lowest BCUT2D eigenvalue weighted by atomic mass is 9.98. The number of carbonyl (C=O) groups is 2. The van der Waals surface area contributed by atoms with Gasteiger partial charge in [0.2, 0.25) is 0 Å². The van der Waals surface area contributed by atoms with Gasteiger partial charge in [-0.3, -0.25) is 0 Å². The number of ether oxygens (including phenoxy) is 5. The number of benzene rings is 4. The van der Waals surface area contributed by atoms with E-state index in [2.05, 4.69) is 0 Å². The normalized spacial score (nSPS) is 21.3. The van der Waals surface area contributed by atoms with Crippen molar-refractivity contribution >= 4 is 23.7 Å². The molecule has 0 radical (unpaired) electrons. The van der Waals surface area contributed by atoms with Gasteiger partial charge in [0.1, 0.15) is 30.4 Å². The van der Waals surface area contributed by atoms with Crippen molar-refractivity contribution in [1.29, 1.82) is 0 Å². The molecule has 1 saturated heterocycles. The minimum absolute atomic E-state index is 0.141. The SMILES string of the molecule is CCS[C@@H]1O[C@H](COC(=O)c2ccccc2)[C@H](OC(=O)c2ccccc2)[C@H](OCc2ccccc2)[C@H]1OCc1ccccc1. The Morgan fingerprint density at radius 3 is 1.64 bits per heavy atom. The Hall–Kier alpha value is -3.95. The van der Waals surface area contributed by atoms with Crippen LogP contribution in [-0.4, -0.2) is 54.2 Å². The smallest absolute Gasteiger partial charge is 0.338 e. The van der Waals surface area contributed by atoms with Crippen LogP contribution in [0, 0.1) is 0 Å². The van der Waals surface area contributed by atoms with E-state index >= 15 is 0 Å².